The second-order valence-electron chi connectivity index (χ2n) is 6.42. The van der Waals surface area contributed by atoms with Gasteiger partial charge >= 0.3 is 0 Å². The molecule has 0 aliphatic carbocycles. The Morgan fingerprint density at radius 1 is 0.679 bits per heavy atom. The number of allylic oxidation sites excluding steroid dienone is 2. The summed E-state index contributed by atoms with van der Waals surface area (Å²) < 4.78 is 26.8. The van der Waals surface area contributed by atoms with Gasteiger partial charge in [0, 0.05) is 9.79 Å². The van der Waals surface area contributed by atoms with Crippen molar-refractivity contribution in [2.75, 3.05) is 0 Å². The molecule has 0 spiro atoms. The fourth-order valence-corrected chi connectivity index (χ4v) is 5.31. The summed E-state index contributed by atoms with van der Waals surface area (Å²) in [6.45, 7) is 3.97. The van der Waals surface area contributed by atoms with Gasteiger partial charge in [-0.3, -0.25) is 0 Å². The number of rotatable bonds is 6. The first kappa shape index (κ1) is 20.2. The summed E-state index contributed by atoms with van der Waals surface area (Å²) in [5.41, 5.74) is 3.21. The second-order valence-corrected chi connectivity index (χ2v) is 9.57. The van der Waals surface area contributed by atoms with Crippen LogP contribution in [-0.2, 0) is 21.6 Å². The molecule has 3 aromatic carbocycles. The molecule has 0 amide bonds. The van der Waals surface area contributed by atoms with Gasteiger partial charge in [0.15, 0.2) is 0 Å². The van der Waals surface area contributed by atoms with Crippen molar-refractivity contribution >= 4 is 27.7 Å². The molecule has 0 aromatic heterocycles. The van der Waals surface area contributed by atoms with Crippen LogP contribution in [0.25, 0.3) is 6.08 Å². The predicted molar refractivity (Wildman–Crippen MR) is 119 cm³/mol. The van der Waals surface area contributed by atoms with Crippen LogP contribution in [0, 0.1) is 13.8 Å². The van der Waals surface area contributed by atoms with Crippen LogP contribution in [0.5, 0.6) is 0 Å². The highest BCUT2D eigenvalue weighted by molar-refractivity contribution is 8.08. The molecule has 0 heterocycles. The number of aryl methyl sites for hydroxylation is 2. The lowest BCUT2D eigenvalue weighted by Crippen LogP contribution is -2.04. The molecule has 2 nitrogen and oxygen atoms in total. The Morgan fingerprint density at radius 2 is 1.14 bits per heavy atom. The highest BCUT2D eigenvalue weighted by atomic mass is 32.2. The van der Waals surface area contributed by atoms with E-state index in [4.69, 9.17) is 0 Å². The largest absolute Gasteiger partial charge is 0.248 e. The predicted octanol–water partition coefficient (Wildman–Crippen LogP) is 5.77. The Hall–Kier alpha value is -2.56. The van der Waals surface area contributed by atoms with E-state index in [2.05, 4.69) is 0 Å². The van der Waals surface area contributed by atoms with Crippen LogP contribution < -0.4 is 0 Å². The van der Waals surface area contributed by atoms with Crippen LogP contribution in [0.2, 0.25) is 0 Å². The van der Waals surface area contributed by atoms with Gasteiger partial charge < -0.3 is 0 Å². The SMILES string of the molecule is Cc1ccc(S(=O)C(=C/C=C/c2ccccc2)S(=O)c2ccc(C)cc2)cc1. The van der Waals surface area contributed by atoms with E-state index in [9.17, 15) is 8.42 Å². The average Bonchev–Trinajstić information content (AvgIpc) is 2.72. The van der Waals surface area contributed by atoms with E-state index in [-0.39, 0.29) is 0 Å². The van der Waals surface area contributed by atoms with Crippen LogP contribution in [-0.4, -0.2) is 8.42 Å². The third-order valence-electron chi connectivity index (χ3n) is 4.16. The monoisotopic (exact) mass is 406 g/mol. The molecule has 0 bridgehead atoms. The normalized spacial score (nSPS) is 13.2. The van der Waals surface area contributed by atoms with Gasteiger partial charge in [0.2, 0.25) is 0 Å². The molecule has 3 aromatic rings. The Labute approximate surface area is 171 Å². The number of hydrogen-bond donors (Lipinski definition) is 0. The summed E-state index contributed by atoms with van der Waals surface area (Å²) in [5.74, 6) is 0. The summed E-state index contributed by atoms with van der Waals surface area (Å²) in [7, 11) is -3.03. The summed E-state index contributed by atoms with van der Waals surface area (Å²) >= 11 is 0. The molecule has 142 valence electrons. The van der Waals surface area contributed by atoms with E-state index in [0.717, 1.165) is 16.7 Å². The molecule has 0 saturated carbocycles. The molecule has 28 heavy (non-hydrogen) atoms. The van der Waals surface area contributed by atoms with Crippen molar-refractivity contribution in [3.63, 3.8) is 0 Å². The Bertz CT molecular complexity index is 973. The topological polar surface area (TPSA) is 34.1 Å². The van der Waals surface area contributed by atoms with E-state index in [1.165, 1.54) is 0 Å². The van der Waals surface area contributed by atoms with Crippen LogP contribution >= 0.6 is 0 Å². The zero-order valence-electron chi connectivity index (χ0n) is 15.9. The van der Waals surface area contributed by atoms with Crippen molar-refractivity contribution < 1.29 is 8.42 Å². The molecule has 3 rings (SSSR count). The molecule has 0 aliphatic rings. The highest BCUT2D eigenvalue weighted by Gasteiger charge is 2.18. The second kappa shape index (κ2) is 9.58. The molecule has 0 fully saturated rings. The first-order valence-corrected chi connectivity index (χ1v) is 11.2. The maximum Gasteiger partial charge on any atom is 0.113 e. The Balaban J connectivity index is 1.97. The minimum absolute atomic E-state index is 0.375. The number of hydrogen-bond acceptors (Lipinski definition) is 2. The van der Waals surface area contributed by atoms with Gasteiger partial charge in [-0.1, -0.05) is 77.9 Å². The summed E-state index contributed by atoms with van der Waals surface area (Å²) in [6.07, 6.45) is 5.43. The van der Waals surface area contributed by atoms with Crippen molar-refractivity contribution in [3.8, 4) is 0 Å². The molecule has 0 saturated heterocycles. The quantitative estimate of drug-likeness (QED) is 0.487. The first-order valence-electron chi connectivity index (χ1n) is 8.95. The van der Waals surface area contributed by atoms with Crippen LogP contribution in [0.3, 0.4) is 0 Å². The Morgan fingerprint density at radius 3 is 1.61 bits per heavy atom. The van der Waals surface area contributed by atoms with E-state index in [0.29, 0.717) is 14.0 Å². The van der Waals surface area contributed by atoms with Gasteiger partial charge in [-0.25, -0.2) is 8.42 Å². The fraction of sp³-hybridized carbons (Fsp3) is 0.0833. The molecule has 2 unspecified atom stereocenters. The van der Waals surface area contributed by atoms with Crippen molar-refractivity contribution in [1.82, 2.24) is 0 Å². The van der Waals surface area contributed by atoms with Crippen molar-refractivity contribution in [3.05, 3.63) is 112 Å². The van der Waals surface area contributed by atoms with Gasteiger partial charge in [-0.15, -0.1) is 0 Å². The Kier molecular flexibility index (Phi) is 6.90. The maximum atomic E-state index is 13.2. The van der Waals surface area contributed by atoms with E-state index >= 15 is 0 Å². The standard InChI is InChI=1S/C24H22O2S2/c1-19-11-15-22(16-12-19)27(25)24(10-6-9-21-7-4-3-5-8-21)28(26)23-17-13-20(2)14-18-23/h3-18H,1-2H3/b9-6+,24-10?. The van der Waals surface area contributed by atoms with Gasteiger partial charge in [0.05, 0.1) is 21.6 Å². The molecule has 2 atom stereocenters. The first-order chi connectivity index (χ1) is 13.5. The third kappa shape index (κ3) is 5.24. The highest BCUT2D eigenvalue weighted by Crippen LogP contribution is 2.23. The van der Waals surface area contributed by atoms with Crippen LogP contribution in [0.1, 0.15) is 16.7 Å². The lowest BCUT2D eigenvalue weighted by molar-refractivity contribution is 0.683. The third-order valence-corrected chi connectivity index (χ3v) is 7.47. The van der Waals surface area contributed by atoms with E-state index in [1.807, 2.05) is 105 Å². The van der Waals surface area contributed by atoms with Crippen LogP contribution in [0.4, 0.5) is 0 Å². The summed E-state index contributed by atoms with van der Waals surface area (Å²) in [4.78, 5) is 1.29. The molecule has 4 heteroatoms. The summed E-state index contributed by atoms with van der Waals surface area (Å²) in [6, 6.07) is 24.8. The fourth-order valence-electron chi connectivity index (χ4n) is 2.55. The molecular formula is C24H22O2S2. The lowest BCUT2D eigenvalue weighted by atomic mass is 10.2. The van der Waals surface area contributed by atoms with Crippen LogP contribution in [0.15, 0.2) is 105 Å². The van der Waals surface area contributed by atoms with Gasteiger partial charge in [-0.05, 0) is 49.8 Å². The van der Waals surface area contributed by atoms with Gasteiger partial charge in [0.25, 0.3) is 0 Å². The van der Waals surface area contributed by atoms with E-state index in [1.54, 1.807) is 6.08 Å². The zero-order chi connectivity index (χ0) is 19.9. The van der Waals surface area contributed by atoms with Crippen molar-refractivity contribution in [2.45, 2.75) is 23.6 Å². The molecule has 0 aliphatic heterocycles. The average molecular weight is 407 g/mol. The summed E-state index contributed by atoms with van der Waals surface area (Å²) in [5, 5.41) is 0. The minimum atomic E-state index is -1.51. The molecule has 0 radical (unpaired) electrons. The molecule has 0 N–H and O–H groups in total. The number of benzene rings is 3. The van der Waals surface area contributed by atoms with Gasteiger partial charge in [-0.2, -0.15) is 0 Å². The van der Waals surface area contributed by atoms with E-state index < -0.39 is 21.6 Å². The van der Waals surface area contributed by atoms with Gasteiger partial charge in [0.1, 0.15) is 4.24 Å². The maximum absolute atomic E-state index is 13.2. The smallest absolute Gasteiger partial charge is 0.113 e. The molecular weight excluding hydrogens is 384 g/mol. The lowest BCUT2D eigenvalue weighted by Gasteiger charge is -2.08. The minimum Gasteiger partial charge on any atom is -0.248 e. The zero-order valence-corrected chi connectivity index (χ0v) is 17.5. The van der Waals surface area contributed by atoms with Crippen molar-refractivity contribution in [1.29, 1.82) is 0 Å². The van der Waals surface area contributed by atoms with Crippen molar-refractivity contribution in [2.24, 2.45) is 0 Å².